The molecule has 4 N–H and O–H groups in total. The van der Waals surface area contributed by atoms with Crippen LogP contribution in [0.1, 0.15) is 5.56 Å². The van der Waals surface area contributed by atoms with Crippen molar-refractivity contribution in [2.45, 2.75) is 11.3 Å². The highest BCUT2D eigenvalue weighted by Gasteiger charge is 2.25. The number of rotatable bonds is 2. The van der Waals surface area contributed by atoms with Crippen LogP contribution >= 0.6 is 11.8 Å². The molecule has 0 atom stereocenters. The van der Waals surface area contributed by atoms with Gasteiger partial charge in [-0.25, -0.2) is 0 Å². The Morgan fingerprint density at radius 2 is 2.26 bits per heavy atom. The number of benzene rings is 1. The van der Waals surface area contributed by atoms with Gasteiger partial charge in [0.15, 0.2) is 0 Å². The van der Waals surface area contributed by atoms with Crippen LogP contribution in [-0.4, -0.2) is 28.5 Å². The summed E-state index contributed by atoms with van der Waals surface area (Å²) in [4.78, 5) is 1.19. The van der Waals surface area contributed by atoms with E-state index < -0.39 is 0 Å². The number of nitrogens with one attached hydrogen (secondary N) is 2. The van der Waals surface area contributed by atoms with Crippen LogP contribution in [0, 0.1) is 5.41 Å². The molecule has 0 bridgehead atoms. The third kappa shape index (κ3) is 1.88. The monoisotopic (exact) mass is 273 g/mol. The minimum atomic E-state index is -0.0569. The van der Waals surface area contributed by atoms with Crippen LogP contribution in [0.5, 0.6) is 0 Å². The Balaban J connectivity index is 2.21. The second kappa shape index (κ2) is 4.62. The van der Waals surface area contributed by atoms with Crippen LogP contribution in [0.2, 0.25) is 0 Å². The molecule has 0 saturated carbocycles. The van der Waals surface area contributed by atoms with Crippen molar-refractivity contribution >= 4 is 23.5 Å². The van der Waals surface area contributed by atoms with E-state index in [0.717, 1.165) is 35.6 Å². The van der Waals surface area contributed by atoms with Gasteiger partial charge in [-0.05, 0) is 18.7 Å². The molecule has 5 nitrogen and oxygen atoms in total. The number of nitrogens with zero attached hydrogens (tertiary/aromatic N) is 2. The van der Waals surface area contributed by atoms with Gasteiger partial charge in [0.25, 0.3) is 0 Å². The standard InChI is InChI=1S/C13H15N5S/c1-19-10-5-3-2-4-8(10)11-9-6-7-16-12(9)18(17-11)13(14)15/h2-5,16H,6-7H2,1H3,(H3,14,15). The molecule has 1 aliphatic rings. The second-order valence-corrected chi connectivity index (χ2v) is 5.20. The van der Waals surface area contributed by atoms with Crippen molar-refractivity contribution in [2.24, 2.45) is 5.73 Å². The van der Waals surface area contributed by atoms with Gasteiger partial charge in [0.2, 0.25) is 5.96 Å². The summed E-state index contributed by atoms with van der Waals surface area (Å²) in [7, 11) is 0. The molecule has 1 aliphatic heterocycles. The molecule has 98 valence electrons. The number of aromatic nitrogens is 2. The Kier molecular flexibility index (Phi) is 2.94. The summed E-state index contributed by atoms with van der Waals surface area (Å²) in [6.45, 7) is 0.870. The first-order valence-corrected chi connectivity index (χ1v) is 7.28. The maximum Gasteiger partial charge on any atom is 0.215 e. The van der Waals surface area contributed by atoms with Crippen molar-refractivity contribution in [1.29, 1.82) is 5.41 Å². The lowest BCUT2D eigenvalue weighted by atomic mass is 10.1. The number of nitrogens with two attached hydrogens (primary N) is 1. The fourth-order valence-corrected chi connectivity index (χ4v) is 3.00. The van der Waals surface area contributed by atoms with Crippen LogP contribution in [0.15, 0.2) is 29.2 Å². The predicted molar refractivity (Wildman–Crippen MR) is 78.9 cm³/mol. The van der Waals surface area contributed by atoms with E-state index in [1.807, 2.05) is 12.1 Å². The number of anilines is 1. The fourth-order valence-electron chi connectivity index (χ4n) is 2.41. The summed E-state index contributed by atoms with van der Waals surface area (Å²) in [6.07, 6.45) is 2.97. The molecule has 0 fully saturated rings. The first-order valence-electron chi connectivity index (χ1n) is 6.06. The van der Waals surface area contributed by atoms with Crippen molar-refractivity contribution in [3.05, 3.63) is 29.8 Å². The van der Waals surface area contributed by atoms with Gasteiger partial charge in [-0.15, -0.1) is 11.8 Å². The van der Waals surface area contributed by atoms with Gasteiger partial charge < -0.3 is 11.1 Å². The van der Waals surface area contributed by atoms with Crippen LogP contribution < -0.4 is 11.1 Å². The van der Waals surface area contributed by atoms with Gasteiger partial charge in [0.1, 0.15) is 5.82 Å². The minimum Gasteiger partial charge on any atom is -0.369 e. The van der Waals surface area contributed by atoms with E-state index in [-0.39, 0.29) is 5.96 Å². The maximum atomic E-state index is 7.61. The van der Waals surface area contributed by atoms with Crippen LogP contribution in [0.4, 0.5) is 5.82 Å². The summed E-state index contributed by atoms with van der Waals surface area (Å²) < 4.78 is 1.48. The summed E-state index contributed by atoms with van der Waals surface area (Å²) in [5.74, 6) is 0.803. The largest absolute Gasteiger partial charge is 0.369 e. The van der Waals surface area contributed by atoms with Crippen LogP contribution in [-0.2, 0) is 6.42 Å². The molecule has 1 aromatic heterocycles. The molecule has 2 heterocycles. The van der Waals surface area contributed by atoms with Crippen molar-refractivity contribution in [2.75, 3.05) is 18.1 Å². The van der Waals surface area contributed by atoms with E-state index >= 15 is 0 Å². The van der Waals surface area contributed by atoms with Crippen molar-refractivity contribution in [1.82, 2.24) is 9.78 Å². The van der Waals surface area contributed by atoms with Crippen molar-refractivity contribution in [3.63, 3.8) is 0 Å². The molecule has 0 radical (unpaired) electrons. The summed E-state index contributed by atoms with van der Waals surface area (Å²) in [5, 5.41) is 15.4. The van der Waals surface area contributed by atoms with E-state index in [0.29, 0.717) is 0 Å². The first-order chi connectivity index (χ1) is 9.22. The fraction of sp³-hybridized carbons (Fsp3) is 0.231. The van der Waals surface area contributed by atoms with E-state index in [1.165, 1.54) is 9.58 Å². The molecule has 2 aromatic rings. The van der Waals surface area contributed by atoms with Gasteiger partial charge >= 0.3 is 0 Å². The molecule has 0 unspecified atom stereocenters. The Labute approximate surface area is 115 Å². The highest BCUT2D eigenvalue weighted by molar-refractivity contribution is 7.98. The van der Waals surface area contributed by atoms with E-state index in [1.54, 1.807) is 11.8 Å². The molecular formula is C13H15N5S. The van der Waals surface area contributed by atoms with Crippen LogP contribution in [0.25, 0.3) is 11.3 Å². The smallest absolute Gasteiger partial charge is 0.215 e. The van der Waals surface area contributed by atoms with Gasteiger partial charge in [-0.2, -0.15) is 9.78 Å². The number of thioether (sulfide) groups is 1. The van der Waals surface area contributed by atoms with Crippen LogP contribution in [0.3, 0.4) is 0 Å². The molecule has 6 heteroatoms. The maximum absolute atomic E-state index is 7.61. The average Bonchev–Trinajstić information content (AvgIpc) is 2.99. The Bertz CT molecular complexity index is 646. The van der Waals surface area contributed by atoms with E-state index in [2.05, 4.69) is 28.8 Å². The van der Waals surface area contributed by atoms with E-state index in [4.69, 9.17) is 11.1 Å². The lowest BCUT2D eigenvalue weighted by Gasteiger charge is -2.05. The highest BCUT2D eigenvalue weighted by Crippen LogP contribution is 2.36. The number of hydrogen-bond donors (Lipinski definition) is 3. The lowest BCUT2D eigenvalue weighted by Crippen LogP contribution is -2.23. The lowest BCUT2D eigenvalue weighted by molar-refractivity contribution is 0.909. The Morgan fingerprint density at radius 3 is 3.00 bits per heavy atom. The Morgan fingerprint density at radius 1 is 1.47 bits per heavy atom. The van der Waals surface area contributed by atoms with Gasteiger partial charge in [0, 0.05) is 22.6 Å². The third-order valence-corrected chi connectivity index (χ3v) is 4.04. The minimum absolute atomic E-state index is 0.0569. The normalized spacial score (nSPS) is 13.1. The van der Waals surface area contributed by atoms with Crippen molar-refractivity contribution < 1.29 is 0 Å². The van der Waals surface area contributed by atoms with E-state index in [9.17, 15) is 0 Å². The molecule has 0 amide bonds. The van der Waals surface area contributed by atoms with Gasteiger partial charge in [0.05, 0.1) is 5.69 Å². The zero-order valence-electron chi connectivity index (χ0n) is 10.6. The molecule has 19 heavy (non-hydrogen) atoms. The number of hydrogen-bond acceptors (Lipinski definition) is 4. The second-order valence-electron chi connectivity index (χ2n) is 4.35. The van der Waals surface area contributed by atoms with Gasteiger partial charge in [-0.1, -0.05) is 18.2 Å². The third-order valence-electron chi connectivity index (χ3n) is 3.24. The van der Waals surface area contributed by atoms with Crippen molar-refractivity contribution in [3.8, 4) is 11.3 Å². The number of fused-ring (bicyclic) bond motifs is 1. The molecule has 0 aliphatic carbocycles. The Hall–Kier alpha value is -1.95. The molecule has 0 spiro atoms. The first kappa shape index (κ1) is 12.1. The summed E-state index contributed by atoms with van der Waals surface area (Å²) in [6, 6.07) is 8.19. The van der Waals surface area contributed by atoms with Gasteiger partial charge in [-0.3, -0.25) is 5.41 Å². The average molecular weight is 273 g/mol. The highest BCUT2D eigenvalue weighted by atomic mass is 32.2. The summed E-state index contributed by atoms with van der Waals surface area (Å²) >= 11 is 1.70. The molecular weight excluding hydrogens is 258 g/mol. The molecule has 0 saturated heterocycles. The summed E-state index contributed by atoms with van der Waals surface area (Å²) in [5.41, 5.74) is 8.77. The zero-order chi connectivity index (χ0) is 13.4. The predicted octanol–water partition coefficient (Wildman–Crippen LogP) is 1.98. The molecule has 1 aromatic carbocycles. The number of nitrogen functional groups attached to an aromatic ring is 1. The molecule has 3 rings (SSSR count). The topological polar surface area (TPSA) is 79.7 Å². The zero-order valence-corrected chi connectivity index (χ0v) is 11.4. The SMILES string of the molecule is CSc1ccccc1-c1nn(C(=N)N)c2c1CCN2. The quantitative estimate of drug-likeness (QED) is 0.444.